The first-order valence-electron chi connectivity index (χ1n) is 9.89. The molecule has 4 rings (SSSR count). The number of carbonyl (C=O) groups excluding carboxylic acids is 1. The van der Waals surface area contributed by atoms with Crippen molar-refractivity contribution < 1.29 is 22.9 Å². The van der Waals surface area contributed by atoms with Gasteiger partial charge in [-0.1, -0.05) is 36.4 Å². The van der Waals surface area contributed by atoms with Crippen molar-refractivity contribution in [2.75, 3.05) is 7.11 Å². The molecule has 0 bridgehead atoms. The summed E-state index contributed by atoms with van der Waals surface area (Å²) in [5, 5.41) is 11.6. The highest BCUT2D eigenvalue weighted by molar-refractivity contribution is 7.89. The van der Waals surface area contributed by atoms with Crippen LogP contribution in [0.25, 0.3) is 0 Å². The molecule has 2 aromatic carbocycles. The number of nitro groups is 1. The van der Waals surface area contributed by atoms with Gasteiger partial charge in [0.1, 0.15) is 0 Å². The number of para-hydroxylation sites is 1. The van der Waals surface area contributed by atoms with E-state index in [2.05, 4.69) is 0 Å². The number of aryl methyl sites for hydroxylation is 1. The average molecular weight is 442 g/mol. The van der Waals surface area contributed by atoms with Crippen molar-refractivity contribution in [1.29, 1.82) is 0 Å². The quantitative estimate of drug-likeness (QED) is 0.406. The van der Waals surface area contributed by atoms with Crippen LogP contribution in [-0.4, -0.2) is 30.7 Å². The van der Waals surface area contributed by atoms with Crippen molar-refractivity contribution in [1.82, 2.24) is 4.31 Å². The second-order valence-electron chi connectivity index (χ2n) is 7.77. The number of hydrogen-bond acceptors (Lipinski definition) is 6. The third-order valence-electron chi connectivity index (χ3n) is 6.17. The van der Waals surface area contributed by atoms with Gasteiger partial charge in [-0.15, -0.1) is 0 Å². The maximum absolute atomic E-state index is 13.9. The Hall–Kier alpha value is -3.20. The molecule has 0 saturated carbocycles. The fourth-order valence-electron chi connectivity index (χ4n) is 4.91. The second-order valence-corrected chi connectivity index (χ2v) is 9.52. The van der Waals surface area contributed by atoms with Gasteiger partial charge in [0.25, 0.3) is 15.7 Å². The van der Waals surface area contributed by atoms with E-state index in [0.717, 1.165) is 24.0 Å². The zero-order chi connectivity index (χ0) is 22.4. The second kappa shape index (κ2) is 7.49. The number of hydrogen-bond donors (Lipinski definition) is 0. The zero-order valence-corrected chi connectivity index (χ0v) is 18.0. The van der Waals surface area contributed by atoms with Crippen LogP contribution in [0.3, 0.4) is 0 Å². The summed E-state index contributed by atoms with van der Waals surface area (Å²) in [4.78, 5) is 23.0. The van der Waals surface area contributed by atoms with Crippen LogP contribution >= 0.6 is 0 Å². The largest absolute Gasteiger partial charge is 0.466 e. The van der Waals surface area contributed by atoms with Crippen LogP contribution in [0.2, 0.25) is 0 Å². The number of methoxy groups -OCH3 is 1. The van der Waals surface area contributed by atoms with Crippen LogP contribution in [0.5, 0.6) is 0 Å². The first kappa shape index (κ1) is 21.0. The van der Waals surface area contributed by atoms with Gasteiger partial charge >= 0.3 is 5.97 Å². The number of esters is 1. The summed E-state index contributed by atoms with van der Waals surface area (Å²) in [7, 11) is -3.11. The Morgan fingerprint density at radius 3 is 2.55 bits per heavy atom. The fourth-order valence-corrected chi connectivity index (χ4v) is 6.95. The molecule has 0 N–H and O–H groups in total. The van der Waals surface area contributed by atoms with E-state index in [1.54, 1.807) is 6.92 Å². The van der Waals surface area contributed by atoms with Crippen molar-refractivity contribution >= 4 is 21.7 Å². The molecule has 1 aliphatic carbocycles. The number of carbonyl (C=O) groups is 1. The molecule has 162 valence electrons. The Kier molecular flexibility index (Phi) is 5.09. The lowest BCUT2D eigenvalue weighted by Crippen LogP contribution is -2.47. The molecule has 1 atom stereocenters. The molecule has 1 unspecified atom stereocenters. The van der Waals surface area contributed by atoms with Crippen LogP contribution in [0.15, 0.2) is 64.7 Å². The van der Waals surface area contributed by atoms with E-state index in [-0.39, 0.29) is 17.7 Å². The van der Waals surface area contributed by atoms with Crippen LogP contribution in [-0.2, 0) is 31.5 Å². The van der Waals surface area contributed by atoms with Gasteiger partial charge in [-0.3, -0.25) is 14.4 Å². The van der Waals surface area contributed by atoms with Crippen LogP contribution in [0, 0.1) is 10.1 Å². The molecule has 0 fully saturated rings. The highest BCUT2D eigenvalue weighted by Gasteiger charge is 2.54. The van der Waals surface area contributed by atoms with E-state index < -0.39 is 37.0 Å². The van der Waals surface area contributed by atoms with E-state index in [1.807, 2.05) is 24.3 Å². The highest BCUT2D eigenvalue weighted by Crippen LogP contribution is 2.53. The Balaban J connectivity index is 2.00. The van der Waals surface area contributed by atoms with E-state index in [0.29, 0.717) is 6.42 Å². The van der Waals surface area contributed by atoms with Gasteiger partial charge in [0.2, 0.25) is 0 Å². The molecule has 0 aromatic heterocycles. The predicted octanol–water partition coefficient (Wildman–Crippen LogP) is 3.67. The van der Waals surface area contributed by atoms with E-state index in [9.17, 15) is 23.3 Å². The first-order valence-corrected chi connectivity index (χ1v) is 11.3. The van der Waals surface area contributed by atoms with Gasteiger partial charge in [0, 0.05) is 18.2 Å². The Morgan fingerprint density at radius 2 is 1.84 bits per heavy atom. The van der Waals surface area contributed by atoms with Crippen molar-refractivity contribution in [2.24, 2.45) is 0 Å². The summed E-state index contributed by atoms with van der Waals surface area (Å²) in [6, 6.07) is 12.9. The number of allylic oxidation sites excluding steroid dienone is 1. The number of nitro benzene ring substituents is 1. The summed E-state index contributed by atoms with van der Waals surface area (Å²) in [6.07, 6.45) is 2.16. The maximum Gasteiger partial charge on any atom is 0.335 e. The molecular weight excluding hydrogens is 420 g/mol. The lowest BCUT2D eigenvalue weighted by atomic mass is 9.74. The molecule has 1 spiro atoms. The molecule has 31 heavy (non-hydrogen) atoms. The molecule has 0 saturated heterocycles. The third kappa shape index (κ3) is 3.11. The number of rotatable bonds is 4. The molecule has 0 amide bonds. The lowest BCUT2D eigenvalue weighted by molar-refractivity contribution is -0.387. The minimum Gasteiger partial charge on any atom is -0.466 e. The predicted molar refractivity (Wildman–Crippen MR) is 113 cm³/mol. The van der Waals surface area contributed by atoms with Gasteiger partial charge < -0.3 is 4.74 Å². The fraction of sp³-hybridized carbons (Fsp3) is 0.318. The zero-order valence-electron chi connectivity index (χ0n) is 17.2. The SMILES string of the molecule is COC(=O)C1=C(C)N(S(=O)(=O)c2ccccc2[N+](=O)[O-])C2(CCCc3ccccc32)C1. The third-order valence-corrected chi connectivity index (χ3v) is 8.17. The number of ether oxygens (including phenoxy) is 1. The Morgan fingerprint density at radius 1 is 1.16 bits per heavy atom. The molecular formula is C22H22N2O6S. The van der Waals surface area contributed by atoms with Crippen LogP contribution < -0.4 is 0 Å². The standard InChI is InChI=1S/C22H22N2O6S/c1-15-17(21(25)30-2)14-22(13-7-9-16-8-3-4-10-18(16)22)23(15)31(28,29)20-12-6-5-11-19(20)24(26)27/h3-6,8,10-12H,7,9,13-14H2,1-2H3. The van der Waals surface area contributed by atoms with Gasteiger partial charge in [-0.2, -0.15) is 0 Å². The molecule has 1 aliphatic heterocycles. The highest BCUT2D eigenvalue weighted by atomic mass is 32.2. The number of fused-ring (bicyclic) bond motifs is 2. The number of nitrogens with zero attached hydrogens (tertiary/aromatic N) is 2. The number of benzene rings is 2. The van der Waals surface area contributed by atoms with Crippen molar-refractivity contribution in [3.8, 4) is 0 Å². The molecule has 2 aromatic rings. The normalized spacial score (nSPS) is 20.6. The average Bonchev–Trinajstić information content (AvgIpc) is 3.06. The van der Waals surface area contributed by atoms with Crippen LogP contribution in [0.4, 0.5) is 5.69 Å². The molecule has 2 aliphatic rings. The molecule has 0 radical (unpaired) electrons. The van der Waals surface area contributed by atoms with Gasteiger partial charge in [-0.25, -0.2) is 13.2 Å². The van der Waals surface area contributed by atoms with E-state index in [4.69, 9.17) is 4.74 Å². The molecule has 1 heterocycles. The first-order chi connectivity index (χ1) is 14.7. The summed E-state index contributed by atoms with van der Waals surface area (Å²) >= 11 is 0. The van der Waals surface area contributed by atoms with E-state index in [1.165, 1.54) is 35.7 Å². The lowest BCUT2D eigenvalue weighted by Gasteiger charge is -2.44. The van der Waals surface area contributed by atoms with Gasteiger partial charge in [-0.05, 0) is 43.4 Å². The summed E-state index contributed by atoms with van der Waals surface area (Å²) < 4.78 is 34.0. The van der Waals surface area contributed by atoms with Crippen LogP contribution in [0.1, 0.15) is 37.3 Å². The molecule has 9 heteroatoms. The van der Waals surface area contributed by atoms with Crippen molar-refractivity contribution in [3.63, 3.8) is 0 Å². The van der Waals surface area contributed by atoms with Crippen molar-refractivity contribution in [2.45, 2.75) is 43.0 Å². The van der Waals surface area contributed by atoms with Gasteiger partial charge in [0.15, 0.2) is 4.90 Å². The smallest absolute Gasteiger partial charge is 0.335 e. The maximum atomic E-state index is 13.9. The van der Waals surface area contributed by atoms with E-state index >= 15 is 0 Å². The van der Waals surface area contributed by atoms with Gasteiger partial charge in [0.05, 0.1) is 23.1 Å². The Bertz CT molecular complexity index is 1220. The topological polar surface area (TPSA) is 107 Å². The van der Waals surface area contributed by atoms with Crippen molar-refractivity contribution in [3.05, 3.63) is 81.0 Å². The molecule has 8 nitrogen and oxygen atoms in total. The summed E-state index contributed by atoms with van der Waals surface area (Å²) in [6.45, 7) is 1.56. The minimum absolute atomic E-state index is 0.155. The number of sulfonamides is 1. The Labute approximate surface area is 180 Å². The summed E-state index contributed by atoms with van der Waals surface area (Å²) in [5.74, 6) is -0.597. The minimum atomic E-state index is -4.36. The monoisotopic (exact) mass is 442 g/mol. The summed E-state index contributed by atoms with van der Waals surface area (Å²) in [5.41, 5.74) is 0.798.